The molecule has 2 aliphatic rings. The van der Waals surface area contributed by atoms with Crippen LogP contribution in [-0.4, -0.2) is 45.6 Å². The molecule has 0 spiro atoms. The normalized spacial score (nSPS) is 11.7. The number of nitrogens with one attached hydrogen (secondary N) is 3. The third kappa shape index (κ3) is 3.14. The number of aromatic nitrogens is 4. The summed E-state index contributed by atoms with van der Waals surface area (Å²) in [5, 5.41) is 0.274. The number of nitrogens with zero attached hydrogens (tertiary/aromatic N) is 1. The minimum atomic E-state index is -0.637. The van der Waals surface area contributed by atoms with Crippen molar-refractivity contribution in [2.45, 2.75) is 13.8 Å². The van der Waals surface area contributed by atoms with Gasteiger partial charge >= 0.3 is 11.9 Å². The van der Waals surface area contributed by atoms with Crippen LogP contribution in [0, 0.1) is 6.92 Å². The van der Waals surface area contributed by atoms with Crippen molar-refractivity contribution in [1.29, 1.82) is 0 Å². The molecule has 0 atom stereocenters. The molecule has 140 valence electrons. The van der Waals surface area contributed by atoms with Gasteiger partial charge in [-0.15, -0.1) is 0 Å². The van der Waals surface area contributed by atoms with Crippen molar-refractivity contribution in [2.75, 3.05) is 13.7 Å². The number of carbonyl (C=O) groups excluding carboxylic acids is 2. The molecule has 9 nitrogen and oxygen atoms in total. The monoisotopic (exact) mass is 370 g/mol. The minimum Gasteiger partial charge on any atom is -0.465 e. The van der Waals surface area contributed by atoms with Crippen molar-refractivity contribution in [1.82, 2.24) is 19.9 Å². The van der Waals surface area contributed by atoms with Crippen molar-refractivity contribution in [2.24, 2.45) is 0 Å². The predicted octanol–water partition coefficient (Wildman–Crippen LogP) is 0.0417. The van der Waals surface area contributed by atoms with E-state index in [4.69, 9.17) is 9.47 Å². The molecular formula is C18H18N4O5. The van der Waals surface area contributed by atoms with E-state index >= 15 is 0 Å². The second-order valence-corrected chi connectivity index (χ2v) is 5.75. The first-order chi connectivity index (χ1) is 12.9. The van der Waals surface area contributed by atoms with E-state index in [1.165, 1.54) is 13.2 Å². The average Bonchev–Trinajstić information content (AvgIpc) is 3.11. The average molecular weight is 370 g/mol. The largest absolute Gasteiger partial charge is 0.465 e. The van der Waals surface area contributed by atoms with Gasteiger partial charge in [0.15, 0.2) is 0 Å². The number of aromatic amines is 3. The van der Waals surface area contributed by atoms with Gasteiger partial charge in [-0.05, 0) is 25.5 Å². The van der Waals surface area contributed by atoms with E-state index in [0.717, 1.165) is 0 Å². The number of esters is 2. The Labute approximate surface area is 153 Å². The van der Waals surface area contributed by atoms with Crippen molar-refractivity contribution in [3.05, 3.63) is 49.8 Å². The van der Waals surface area contributed by atoms with Gasteiger partial charge in [-0.1, -0.05) is 6.58 Å². The van der Waals surface area contributed by atoms with Crippen LogP contribution in [0.25, 0.3) is 24.0 Å². The molecule has 2 aliphatic heterocycles. The van der Waals surface area contributed by atoms with Crippen LogP contribution in [0.4, 0.5) is 0 Å². The third-order valence-electron chi connectivity index (χ3n) is 4.09. The second-order valence-electron chi connectivity index (χ2n) is 5.75. The number of H-pyrrole nitrogens is 3. The molecule has 0 fully saturated rings. The van der Waals surface area contributed by atoms with Gasteiger partial charge in [-0.2, -0.15) is 0 Å². The van der Waals surface area contributed by atoms with Gasteiger partial charge in [0.05, 0.1) is 30.2 Å². The Morgan fingerprint density at radius 1 is 1.30 bits per heavy atom. The Morgan fingerprint density at radius 3 is 2.70 bits per heavy atom. The van der Waals surface area contributed by atoms with Crippen LogP contribution in [0.3, 0.4) is 0 Å². The Morgan fingerprint density at radius 2 is 2.04 bits per heavy atom. The van der Waals surface area contributed by atoms with E-state index in [2.05, 4.69) is 26.5 Å². The van der Waals surface area contributed by atoms with Gasteiger partial charge in [0.1, 0.15) is 17.0 Å². The maximum absolute atomic E-state index is 12.4. The molecule has 0 saturated heterocycles. The third-order valence-corrected chi connectivity index (χ3v) is 4.09. The molecule has 0 amide bonds. The number of rotatable bonds is 4. The van der Waals surface area contributed by atoms with E-state index in [1.54, 1.807) is 20.0 Å². The highest BCUT2D eigenvalue weighted by molar-refractivity contribution is 6.00. The Bertz CT molecular complexity index is 1170. The lowest BCUT2D eigenvalue weighted by atomic mass is 10.1. The molecule has 0 aromatic carbocycles. The molecule has 0 radical (unpaired) electrons. The zero-order chi connectivity index (χ0) is 19.7. The van der Waals surface area contributed by atoms with Crippen molar-refractivity contribution < 1.29 is 19.1 Å². The van der Waals surface area contributed by atoms with Crippen molar-refractivity contribution in [3.8, 4) is 11.4 Å². The van der Waals surface area contributed by atoms with Crippen LogP contribution < -0.4 is 16.3 Å². The lowest BCUT2D eigenvalue weighted by molar-refractivity contribution is 0.0519. The number of carbonyl (C=O) groups is 2. The van der Waals surface area contributed by atoms with Gasteiger partial charge in [-0.3, -0.25) is 4.79 Å². The molecule has 0 aliphatic carbocycles. The predicted molar refractivity (Wildman–Crippen MR) is 97.0 cm³/mol. The topological polar surface area (TPSA) is 130 Å². The molecular weight excluding hydrogens is 352 g/mol. The summed E-state index contributed by atoms with van der Waals surface area (Å²) in [6, 6.07) is 0. The molecule has 3 rings (SSSR count). The highest BCUT2D eigenvalue weighted by atomic mass is 16.5. The van der Waals surface area contributed by atoms with Crippen LogP contribution in [0.2, 0.25) is 0 Å². The smallest absolute Gasteiger partial charge is 0.355 e. The summed E-state index contributed by atoms with van der Waals surface area (Å²) in [4.78, 5) is 49.2. The molecule has 1 aromatic rings. The van der Waals surface area contributed by atoms with Crippen LogP contribution in [0.15, 0.2) is 11.0 Å². The van der Waals surface area contributed by atoms with E-state index in [-0.39, 0.29) is 28.8 Å². The Kier molecular flexibility index (Phi) is 4.68. The summed E-state index contributed by atoms with van der Waals surface area (Å²) in [6.45, 7) is 7.14. The van der Waals surface area contributed by atoms with Gasteiger partial charge in [0.25, 0.3) is 5.56 Å². The quantitative estimate of drug-likeness (QED) is 0.556. The highest BCUT2D eigenvalue weighted by Gasteiger charge is 2.25. The SMILES string of the molecule is C=c1nc2[nH]c(=O)c(=Cc3[nH]c(C(=O)OCC)c(C)c3C(=O)OC)c-2c[nH]1. The van der Waals surface area contributed by atoms with Crippen LogP contribution in [0.5, 0.6) is 0 Å². The standard InChI is InChI=1S/C18H18N4O5/c1-5-27-18(25)14-8(2)13(17(24)26-4)12(21-14)6-10-11-7-19-9(3)20-15(11)22-16(10)23/h6-7,19,21H,3,5H2,1-2,4H3,(H,20,22,23). The lowest BCUT2D eigenvalue weighted by Crippen LogP contribution is -2.22. The summed E-state index contributed by atoms with van der Waals surface area (Å²) in [5.74, 6) is -0.871. The zero-order valence-electron chi connectivity index (χ0n) is 15.1. The van der Waals surface area contributed by atoms with E-state index < -0.39 is 17.5 Å². The second kappa shape index (κ2) is 6.94. The summed E-state index contributed by atoms with van der Waals surface area (Å²) in [5.41, 5.74) is 1.44. The van der Waals surface area contributed by atoms with Crippen LogP contribution >= 0.6 is 0 Å². The first-order valence-electron chi connectivity index (χ1n) is 8.13. The number of hydrogen-bond donors (Lipinski definition) is 3. The number of methoxy groups -OCH3 is 1. The summed E-state index contributed by atoms with van der Waals surface area (Å²) >= 11 is 0. The van der Waals surface area contributed by atoms with Crippen LogP contribution in [0.1, 0.15) is 39.0 Å². The molecule has 3 heterocycles. The van der Waals surface area contributed by atoms with Gasteiger partial charge < -0.3 is 24.4 Å². The first-order valence-corrected chi connectivity index (χ1v) is 8.13. The fraction of sp³-hybridized carbons (Fsp3) is 0.222. The first kappa shape index (κ1) is 18.2. The van der Waals surface area contributed by atoms with E-state index in [1.807, 2.05) is 0 Å². The summed E-state index contributed by atoms with van der Waals surface area (Å²) in [7, 11) is 1.24. The molecule has 0 unspecified atom stereocenters. The highest BCUT2D eigenvalue weighted by Crippen LogP contribution is 2.21. The van der Waals surface area contributed by atoms with Crippen molar-refractivity contribution >= 4 is 24.6 Å². The Hall–Kier alpha value is -3.62. The van der Waals surface area contributed by atoms with E-state index in [0.29, 0.717) is 22.4 Å². The summed E-state index contributed by atoms with van der Waals surface area (Å²) in [6.07, 6.45) is 3.07. The van der Waals surface area contributed by atoms with E-state index in [9.17, 15) is 14.4 Å². The fourth-order valence-electron chi connectivity index (χ4n) is 2.84. The maximum Gasteiger partial charge on any atom is 0.355 e. The molecule has 0 bridgehead atoms. The Balaban J connectivity index is 2.28. The fourth-order valence-corrected chi connectivity index (χ4v) is 2.84. The number of ether oxygens (including phenoxy) is 2. The zero-order valence-corrected chi connectivity index (χ0v) is 15.1. The maximum atomic E-state index is 12.4. The van der Waals surface area contributed by atoms with Gasteiger partial charge in [-0.25, -0.2) is 14.6 Å². The minimum absolute atomic E-state index is 0.125. The van der Waals surface area contributed by atoms with Crippen LogP contribution in [-0.2, 0) is 9.47 Å². The summed E-state index contributed by atoms with van der Waals surface area (Å²) < 4.78 is 9.83. The number of hydrogen-bond acceptors (Lipinski definition) is 6. The molecule has 3 N–H and O–H groups in total. The van der Waals surface area contributed by atoms with Crippen molar-refractivity contribution in [3.63, 3.8) is 0 Å². The molecule has 0 saturated carbocycles. The molecule has 1 aromatic heterocycles. The van der Waals surface area contributed by atoms with Gasteiger partial charge in [0.2, 0.25) is 0 Å². The number of fused-ring (bicyclic) bond motifs is 1. The molecule has 9 heteroatoms. The van der Waals surface area contributed by atoms with Gasteiger partial charge in [0, 0.05) is 11.8 Å². The molecule has 27 heavy (non-hydrogen) atoms. The lowest BCUT2D eigenvalue weighted by Gasteiger charge is -2.01.